The Morgan fingerprint density at radius 3 is 2.68 bits per heavy atom. The molecule has 2 heterocycles. The number of carbonyl (C=O) groups excluding carboxylic acids is 1. The Hall–Kier alpha value is -1.84. The molecule has 1 spiro atoms. The lowest BCUT2D eigenvalue weighted by Gasteiger charge is -2.39. The van der Waals surface area contributed by atoms with Gasteiger partial charge in [0.15, 0.2) is 0 Å². The van der Waals surface area contributed by atoms with Crippen LogP contribution in [0.2, 0.25) is 6.82 Å². The fourth-order valence-electron chi connectivity index (χ4n) is 3.74. The van der Waals surface area contributed by atoms with E-state index >= 15 is 0 Å². The second kappa shape index (κ2) is 5.75. The number of hydrogen-bond donors (Lipinski definition) is 1. The summed E-state index contributed by atoms with van der Waals surface area (Å²) in [7, 11) is -0.473. The molecule has 0 bridgehead atoms. The Labute approximate surface area is 131 Å². The third-order valence-electron chi connectivity index (χ3n) is 4.99. The minimum atomic E-state index is -0.475. The molecule has 0 atom stereocenters. The number of rotatable bonds is 3. The van der Waals surface area contributed by atoms with Crippen molar-refractivity contribution in [3.8, 4) is 6.07 Å². The molecule has 22 heavy (non-hydrogen) atoms. The van der Waals surface area contributed by atoms with E-state index in [4.69, 9.17) is 5.26 Å². The monoisotopic (exact) mass is 297 g/mol. The van der Waals surface area contributed by atoms with Crippen LogP contribution in [0.1, 0.15) is 24.8 Å². The summed E-state index contributed by atoms with van der Waals surface area (Å²) in [4.78, 5) is 16.8. The van der Waals surface area contributed by atoms with Crippen molar-refractivity contribution in [3.05, 3.63) is 29.8 Å². The van der Waals surface area contributed by atoms with Crippen LogP contribution >= 0.6 is 0 Å². The van der Waals surface area contributed by atoms with E-state index in [0.717, 1.165) is 24.1 Å². The van der Waals surface area contributed by atoms with Crippen molar-refractivity contribution < 1.29 is 9.82 Å². The Morgan fingerprint density at radius 2 is 2.05 bits per heavy atom. The van der Waals surface area contributed by atoms with Crippen LogP contribution in [0.5, 0.6) is 0 Å². The number of carbonyl (C=O) groups is 1. The van der Waals surface area contributed by atoms with Crippen molar-refractivity contribution in [2.45, 2.75) is 31.5 Å². The first-order valence-corrected chi connectivity index (χ1v) is 7.81. The quantitative estimate of drug-likeness (QED) is 0.856. The van der Waals surface area contributed by atoms with E-state index in [0.29, 0.717) is 26.1 Å². The number of hydrogen-bond acceptors (Lipinski definition) is 4. The normalized spacial score (nSPS) is 20.0. The summed E-state index contributed by atoms with van der Waals surface area (Å²) in [5, 5.41) is 18.6. The molecule has 0 radical (unpaired) electrons. The highest BCUT2D eigenvalue weighted by atomic mass is 16.2. The number of piperidine rings is 1. The van der Waals surface area contributed by atoms with Gasteiger partial charge in [0.1, 0.15) is 0 Å². The molecule has 1 aromatic carbocycles. The number of para-hydroxylation sites is 1. The van der Waals surface area contributed by atoms with Gasteiger partial charge in [0.25, 0.3) is 0 Å². The summed E-state index contributed by atoms with van der Waals surface area (Å²) < 4.78 is 0. The van der Waals surface area contributed by atoms with Crippen molar-refractivity contribution in [1.29, 1.82) is 5.26 Å². The Balaban J connectivity index is 1.93. The van der Waals surface area contributed by atoms with Gasteiger partial charge in [0.2, 0.25) is 5.91 Å². The van der Waals surface area contributed by atoms with Crippen LogP contribution in [0.15, 0.2) is 24.3 Å². The Kier molecular flexibility index (Phi) is 3.94. The number of benzene rings is 1. The second-order valence-electron chi connectivity index (χ2n) is 6.13. The molecule has 6 heteroatoms. The second-order valence-corrected chi connectivity index (χ2v) is 6.13. The van der Waals surface area contributed by atoms with E-state index in [1.54, 1.807) is 11.7 Å². The van der Waals surface area contributed by atoms with Gasteiger partial charge in [-0.15, -0.1) is 0 Å². The molecule has 2 aliphatic rings. The van der Waals surface area contributed by atoms with Crippen LogP contribution in [0.4, 0.5) is 5.69 Å². The van der Waals surface area contributed by atoms with Crippen LogP contribution in [-0.2, 0) is 10.2 Å². The van der Waals surface area contributed by atoms with Crippen molar-refractivity contribution in [3.63, 3.8) is 0 Å². The average Bonchev–Trinajstić information content (AvgIpc) is 2.76. The third kappa shape index (κ3) is 2.21. The summed E-state index contributed by atoms with van der Waals surface area (Å²) in [5.74, 6) is 0.120. The van der Waals surface area contributed by atoms with E-state index in [2.05, 4.69) is 6.07 Å². The lowest BCUT2D eigenvalue weighted by Crippen LogP contribution is -2.52. The minimum Gasteiger partial charge on any atom is -0.437 e. The van der Waals surface area contributed by atoms with Gasteiger partial charge in [-0.2, -0.15) is 5.26 Å². The lowest BCUT2D eigenvalue weighted by molar-refractivity contribution is -0.124. The van der Waals surface area contributed by atoms with Gasteiger partial charge < -0.3 is 14.7 Å². The number of nitriles is 1. The number of amides is 1. The van der Waals surface area contributed by atoms with Crippen molar-refractivity contribution in [1.82, 2.24) is 4.81 Å². The third-order valence-corrected chi connectivity index (χ3v) is 4.99. The molecular formula is C16H20BN3O2. The molecule has 0 aromatic heterocycles. The summed E-state index contributed by atoms with van der Waals surface area (Å²) in [6.07, 6.45) is 1.78. The van der Waals surface area contributed by atoms with Crippen LogP contribution in [0, 0.1) is 11.3 Å². The maximum atomic E-state index is 13.1. The molecule has 2 aliphatic heterocycles. The first kappa shape index (κ1) is 15.1. The van der Waals surface area contributed by atoms with Crippen LogP contribution in [-0.4, -0.2) is 42.4 Å². The predicted octanol–water partition coefficient (Wildman–Crippen LogP) is 1.39. The molecule has 1 amide bonds. The van der Waals surface area contributed by atoms with E-state index in [9.17, 15) is 9.82 Å². The standard InChI is InChI=1S/C16H20BN3O2/c1-17(22)19-11-7-16(8-12-19)13-5-2-3-6-14(13)20(15(16)21)10-4-9-18/h2-3,5-6,22H,4,7-8,10-12H2,1H3. The maximum Gasteiger partial charge on any atom is 0.376 e. The molecule has 5 nitrogen and oxygen atoms in total. The molecule has 3 rings (SSSR count). The van der Waals surface area contributed by atoms with E-state index in [1.165, 1.54) is 0 Å². The molecule has 1 fully saturated rings. The highest BCUT2D eigenvalue weighted by Gasteiger charge is 2.51. The Morgan fingerprint density at radius 1 is 1.36 bits per heavy atom. The zero-order chi connectivity index (χ0) is 15.7. The highest BCUT2D eigenvalue weighted by molar-refractivity contribution is 6.45. The van der Waals surface area contributed by atoms with Gasteiger partial charge in [-0.05, 0) is 44.4 Å². The molecule has 0 saturated carbocycles. The molecule has 0 unspecified atom stereocenters. The van der Waals surface area contributed by atoms with Gasteiger partial charge in [-0.1, -0.05) is 18.2 Å². The maximum absolute atomic E-state index is 13.1. The fourth-order valence-corrected chi connectivity index (χ4v) is 3.74. The summed E-state index contributed by atoms with van der Waals surface area (Å²) in [6.45, 7) is 3.64. The van der Waals surface area contributed by atoms with Crippen LogP contribution in [0.3, 0.4) is 0 Å². The number of fused-ring (bicyclic) bond motifs is 2. The van der Waals surface area contributed by atoms with Gasteiger partial charge >= 0.3 is 7.05 Å². The van der Waals surface area contributed by atoms with Crippen molar-refractivity contribution in [2.75, 3.05) is 24.5 Å². The van der Waals surface area contributed by atoms with Gasteiger partial charge in [0.05, 0.1) is 17.9 Å². The average molecular weight is 297 g/mol. The SMILES string of the molecule is CB(O)N1CCC2(CC1)C(=O)N(CCC#N)c1ccccc12. The zero-order valence-corrected chi connectivity index (χ0v) is 12.8. The first-order chi connectivity index (χ1) is 10.6. The first-order valence-electron chi connectivity index (χ1n) is 7.81. The smallest absolute Gasteiger partial charge is 0.376 e. The molecule has 1 N–H and O–H groups in total. The lowest BCUT2D eigenvalue weighted by atomic mass is 9.70. The van der Waals surface area contributed by atoms with E-state index < -0.39 is 12.5 Å². The number of anilines is 1. The van der Waals surface area contributed by atoms with E-state index in [1.807, 2.05) is 29.1 Å². The number of nitrogens with zero attached hydrogens (tertiary/aromatic N) is 3. The van der Waals surface area contributed by atoms with Gasteiger partial charge in [-0.25, -0.2) is 0 Å². The van der Waals surface area contributed by atoms with Crippen molar-refractivity contribution >= 4 is 18.6 Å². The van der Waals surface area contributed by atoms with Crippen LogP contribution < -0.4 is 4.90 Å². The largest absolute Gasteiger partial charge is 0.437 e. The summed E-state index contributed by atoms with van der Waals surface area (Å²) in [6, 6.07) is 10.1. The molecular weight excluding hydrogens is 277 g/mol. The van der Waals surface area contributed by atoms with Crippen molar-refractivity contribution in [2.24, 2.45) is 0 Å². The molecule has 1 saturated heterocycles. The topological polar surface area (TPSA) is 67.6 Å². The summed E-state index contributed by atoms with van der Waals surface area (Å²) >= 11 is 0. The zero-order valence-electron chi connectivity index (χ0n) is 12.8. The molecule has 1 aromatic rings. The van der Waals surface area contributed by atoms with Crippen LogP contribution in [0.25, 0.3) is 0 Å². The molecule has 0 aliphatic carbocycles. The molecule has 114 valence electrons. The fraction of sp³-hybridized carbons (Fsp3) is 0.500. The highest BCUT2D eigenvalue weighted by Crippen LogP contribution is 2.47. The minimum absolute atomic E-state index is 0.120. The van der Waals surface area contributed by atoms with Gasteiger partial charge in [0, 0.05) is 12.2 Å². The summed E-state index contributed by atoms with van der Waals surface area (Å²) in [5.41, 5.74) is 1.56. The predicted molar refractivity (Wildman–Crippen MR) is 85.3 cm³/mol. The Bertz CT molecular complexity index is 618. The van der Waals surface area contributed by atoms with Gasteiger partial charge in [-0.3, -0.25) is 4.79 Å². The van der Waals surface area contributed by atoms with E-state index in [-0.39, 0.29) is 5.91 Å².